The van der Waals surface area contributed by atoms with Crippen LogP contribution in [0, 0.1) is 5.82 Å². The van der Waals surface area contributed by atoms with Gasteiger partial charge in [0.15, 0.2) is 5.65 Å². The summed E-state index contributed by atoms with van der Waals surface area (Å²) >= 11 is 6.84. The third-order valence-corrected chi connectivity index (χ3v) is 8.35. The second-order valence-corrected chi connectivity index (χ2v) is 11.6. The summed E-state index contributed by atoms with van der Waals surface area (Å²) in [5.74, 6) is -0.805. The normalized spacial score (nSPS) is 16.5. The van der Waals surface area contributed by atoms with Gasteiger partial charge >= 0.3 is 5.69 Å². The Morgan fingerprint density at radius 1 is 1.16 bits per heavy atom. The van der Waals surface area contributed by atoms with Crippen molar-refractivity contribution in [2.24, 2.45) is 0 Å². The van der Waals surface area contributed by atoms with Crippen LogP contribution in [-0.4, -0.2) is 56.9 Å². The van der Waals surface area contributed by atoms with Gasteiger partial charge in [-0.15, -0.1) is 0 Å². The summed E-state index contributed by atoms with van der Waals surface area (Å²) in [4.78, 5) is 52.9. The highest BCUT2D eigenvalue weighted by Crippen LogP contribution is 2.39. The number of fused-ring (bicyclic) bond motifs is 5. The van der Waals surface area contributed by atoms with Crippen LogP contribution in [0.1, 0.15) is 37.8 Å². The van der Waals surface area contributed by atoms with Crippen molar-refractivity contribution in [3.05, 3.63) is 87.6 Å². The number of pyridine rings is 1. The zero-order valence-corrected chi connectivity index (χ0v) is 24.8. The van der Waals surface area contributed by atoms with E-state index in [-0.39, 0.29) is 57.8 Å². The fraction of sp³-hybridized carbons (Fsp3) is 0.281. The van der Waals surface area contributed by atoms with Gasteiger partial charge < -0.3 is 15.1 Å². The first-order chi connectivity index (χ1) is 20.6. The SMILES string of the molecule is C=CC(=O)N1CCN(c2nc(=O)n3c4nc(c(Cl)cc24)-c2c(F)cccc2NC(=O)Cc2cccc(C(C)C)c2-3)[C@@H](C)C1. The highest BCUT2D eigenvalue weighted by Gasteiger charge is 2.31. The standard InChI is InChI=1S/C32H30ClFN6O3/c1-5-26(42)38-12-13-39(18(4)16-38)30-21-15-22(33)28-27-23(34)10-7-11-24(27)35-25(41)14-19-8-6-9-20(17(2)3)29(19)40(31(21)36-28)32(43)37-30/h5-11,15,17-18H,1,12-14,16H2,2-4H3,(H,35,41)/t18-/m0/s1. The molecular weight excluding hydrogens is 571 g/mol. The molecule has 9 nitrogen and oxygen atoms in total. The van der Waals surface area contributed by atoms with E-state index in [1.165, 1.54) is 22.8 Å². The molecule has 0 aliphatic carbocycles. The van der Waals surface area contributed by atoms with Crippen LogP contribution in [0.2, 0.25) is 5.02 Å². The molecule has 0 saturated carbocycles. The molecule has 1 atom stereocenters. The van der Waals surface area contributed by atoms with Gasteiger partial charge in [-0.2, -0.15) is 4.98 Å². The van der Waals surface area contributed by atoms with E-state index in [9.17, 15) is 14.4 Å². The van der Waals surface area contributed by atoms with E-state index in [0.717, 1.165) is 5.56 Å². The number of nitrogens with one attached hydrogen (secondary N) is 1. The van der Waals surface area contributed by atoms with Gasteiger partial charge in [0, 0.05) is 25.7 Å². The lowest BCUT2D eigenvalue weighted by Gasteiger charge is -2.40. The molecular formula is C32H30ClFN6O3. The van der Waals surface area contributed by atoms with Crippen molar-refractivity contribution in [3.63, 3.8) is 0 Å². The minimum absolute atomic E-state index is 0.0123. The lowest BCUT2D eigenvalue weighted by molar-refractivity contribution is -0.126. The van der Waals surface area contributed by atoms with Crippen molar-refractivity contribution >= 4 is 46.0 Å². The van der Waals surface area contributed by atoms with Crippen molar-refractivity contribution < 1.29 is 14.0 Å². The lowest BCUT2D eigenvalue weighted by atomic mass is 9.95. The van der Waals surface area contributed by atoms with Crippen LogP contribution in [0.25, 0.3) is 28.0 Å². The molecule has 1 saturated heterocycles. The molecule has 2 aromatic heterocycles. The number of amides is 2. The molecule has 1 fully saturated rings. The van der Waals surface area contributed by atoms with Gasteiger partial charge in [0.1, 0.15) is 11.6 Å². The van der Waals surface area contributed by atoms with Crippen LogP contribution < -0.4 is 15.9 Å². The van der Waals surface area contributed by atoms with Crippen molar-refractivity contribution in [2.45, 2.75) is 39.2 Å². The molecule has 220 valence electrons. The molecule has 2 aliphatic rings. The summed E-state index contributed by atoms with van der Waals surface area (Å²) in [5, 5.41) is 3.45. The minimum Gasteiger partial charge on any atom is -0.350 e. The second-order valence-electron chi connectivity index (χ2n) is 11.2. The summed E-state index contributed by atoms with van der Waals surface area (Å²) in [7, 11) is 0. The topological polar surface area (TPSA) is 100 Å². The number of anilines is 2. The summed E-state index contributed by atoms with van der Waals surface area (Å²) in [6.45, 7) is 10.8. The van der Waals surface area contributed by atoms with E-state index >= 15 is 4.39 Å². The van der Waals surface area contributed by atoms with Crippen molar-refractivity contribution in [3.8, 4) is 16.9 Å². The lowest BCUT2D eigenvalue weighted by Crippen LogP contribution is -2.54. The van der Waals surface area contributed by atoms with Gasteiger partial charge in [-0.3, -0.25) is 9.59 Å². The first-order valence-electron chi connectivity index (χ1n) is 14.1. The highest BCUT2D eigenvalue weighted by molar-refractivity contribution is 6.34. The Labute approximate surface area is 252 Å². The smallest absolute Gasteiger partial charge is 0.350 e. The fourth-order valence-electron chi connectivity index (χ4n) is 6.03. The number of carbonyl (C=O) groups excluding carboxylic acids is 2. The monoisotopic (exact) mass is 600 g/mol. The number of aromatic nitrogens is 3. The Morgan fingerprint density at radius 2 is 1.93 bits per heavy atom. The van der Waals surface area contributed by atoms with Crippen molar-refractivity contribution in [2.75, 3.05) is 29.9 Å². The highest BCUT2D eigenvalue weighted by atomic mass is 35.5. The molecule has 2 aromatic carbocycles. The predicted molar refractivity (Wildman–Crippen MR) is 166 cm³/mol. The van der Waals surface area contributed by atoms with Crippen molar-refractivity contribution in [1.29, 1.82) is 0 Å². The number of hydrogen-bond acceptors (Lipinski definition) is 6. The van der Waals surface area contributed by atoms with Crippen LogP contribution in [0.4, 0.5) is 15.9 Å². The third kappa shape index (κ3) is 4.85. The van der Waals surface area contributed by atoms with Crippen LogP contribution in [0.3, 0.4) is 0 Å². The van der Waals surface area contributed by atoms with Crippen LogP contribution >= 0.6 is 11.6 Å². The third-order valence-electron chi connectivity index (χ3n) is 8.06. The molecule has 2 aliphatic heterocycles. The largest absolute Gasteiger partial charge is 0.355 e. The van der Waals surface area contributed by atoms with Crippen LogP contribution in [-0.2, 0) is 16.0 Å². The molecule has 4 aromatic rings. The Balaban J connectivity index is 1.70. The number of rotatable bonds is 3. The molecule has 2 amide bonds. The quantitative estimate of drug-likeness (QED) is 0.329. The summed E-state index contributed by atoms with van der Waals surface area (Å²) in [5.41, 5.74) is 1.93. The molecule has 0 unspecified atom stereocenters. The Kier molecular flexibility index (Phi) is 7.25. The van der Waals surface area contributed by atoms with Gasteiger partial charge in [0.2, 0.25) is 11.8 Å². The van der Waals surface area contributed by atoms with E-state index in [0.29, 0.717) is 42.1 Å². The molecule has 6 rings (SSSR count). The molecule has 2 bridgehead atoms. The van der Waals surface area contributed by atoms with Gasteiger partial charge in [-0.25, -0.2) is 18.7 Å². The molecule has 4 heterocycles. The average Bonchev–Trinajstić information content (AvgIpc) is 2.98. The zero-order valence-electron chi connectivity index (χ0n) is 24.0. The van der Waals surface area contributed by atoms with Crippen LogP contribution in [0.5, 0.6) is 0 Å². The molecule has 1 N–H and O–H groups in total. The Morgan fingerprint density at radius 3 is 2.65 bits per heavy atom. The van der Waals surface area contributed by atoms with E-state index in [1.807, 2.05) is 37.8 Å². The van der Waals surface area contributed by atoms with Gasteiger partial charge in [0.05, 0.1) is 39.5 Å². The fourth-order valence-corrected chi connectivity index (χ4v) is 6.28. The number of para-hydroxylation sites is 1. The molecule has 0 radical (unpaired) electrons. The first-order valence-corrected chi connectivity index (χ1v) is 14.5. The average molecular weight is 601 g/mol. The van der Waals surface area contributed by atoms with Crippen LogP contribution in [0.15, 0.2) is 59.9 Å². The maximum Gasteiger partial charge on any atom is 0.355 e. The van der Waals surface area contributed by atoms with E-state index in [1.54, 1.807) is 23.1 Å². The molecule has 0 spiro atoms. The Bertz CT molecular complexity index is 1890. The number of nitrogens with zero attached hydrogens (tertiary/aromatic N) is 5. The van der Waals surface area contributed by atoms with E-state index in [2.05, 4.69) is 16.9 Å². The first kappa shape index (κ1) is 28.5. The molecule has 11 heteroatoms. The van der Waals surface area contributed by atoms with Crippen molar-refractivity contribution in [1.82, 2.24) is 19.4 Å². The number of benzene rings is 2. The minimum atomic E-state index is -0.619. The number of hydrogen-bond donors (Lipinski definition) is 1. The summed E-state index contributed by atoms with van der Waals surface area (Å²) < 4.78 is 16.9. The Hall–Kier alpha value is -4.57. The van der Waals surface area contributed by atoms with E-state index in [4.69, 9.17) is 16.6 Å². The summed E-state index contributed by atoms with van der Waals surface area (Å²) in [6.07, 6.45) is 1.22. The number of piperazine rings is 1. The predicted octanol–water partition coefficient (Wildman–Crippen LogP) is 5.08. The van der Waals surface area contributed by atoms with Gasteiger partial charge in [-0.05, 0) is 48.2 Å². The summed E-state index contributed by atoms with van der Waals surface area (Å²) in [6, 6.07) is 11.4. The van der Waals surface area contributed by atoms with Gasteiger partial charge in [-0.1, -0.05) is 56.3 Å². The van der Waals surface area contributed by atoms with Gasteiger partial charge in [0.25, 0.3) is 0 Å². The number of carbonyl (C=O) groups is 2. The second kappa shape index (κ2) is 10.9. The van der Waals surface area contributed by atoms with E-state index < -0.39 is 11.5 Å². The molecule has 43 heavy (non-hydrogen) atoms. The maximum absolute atomic E-state index is 15.5. The maximum atomic E-state index is 15.5. The number of halogens is 2. The zero-order chi connectivity index (χ0) is 30.6.